The zero-order valence-corrected chi connectivity index (χ0v) is 20.5. The second-order valence-electron chi connectivity index (χ2n) is 9.33. The van der Waals surface area contributed by atoms with Gasteiger partial charge in [-0.2, -0.15) is 5.10 Å². The molecule has 7 nitrogen and oxygen atoms in total. The lowest BCUT2D eigenvalue weighted by molar-refractivity contribution is -0.0236. The molecule has 3 aliphatic rings. The number of pyridine rings is 1. The maximum atomic E-state index is 10.7. The summed E-state index contributed by atoms with van der Waals surface area (Å²) in [5, 5.41) is 19.1. The van der Waals surface area contributed by atoms with E-state index in [1.54, 1.807) is 0 Å². The summed E-state index contributed by atoms with van der Waals surface area (Å²) >= 11 is 0. The van der Waals surface area contributed by atoms with Crippen molar-refractivity contribution in [2.24, 2.45) is 11.8 Å². The first-order valence-electron chi connectivity index (χ1n) is 11.3. The van der Waals surface area contributed by atoms with Gasteiger partial charge in [0.05, 0.1) is 23.2 Å². The van der Waals surface area contributed by atoms with E-state index in [-0.39, 0.29) is 30.9 Å². The van der Waals surface area contributed by atoms with Crippen LogP contribution >= 0.6 is 24.8 Å². The maximum absolute atomic E-state index is 10.7. The van der Waals surface area contributed by atoms with Gasteiger partial charge >= 0.3 is 0 Å². The Bertz CT molecular complexity index is 885. The topological polar surface area (TPSA) is 75.4 Å². The van der Waals surface area contributed by atoms with Gasteiger partial charge in [-0.1, -0.05) is 0 Å². The largest absolute Gasteiger partial charge is 0.486 e. The predicted molar refractivity (Wildman–Crippen MR) is 129 cm³/mol. The van der Waals surface area contributed by atoms with Crippen LogP contribution in [0.2, 0.25) is 0 Å². The van der Waals surface area contributed by atoms with E-state index in [1.165, 1.54) is 11.4 Å². The lowest BCUT2D eigenvalue weighted by Crippen LogP contribution is -2.42. The number of aliphatic hydroxyl groups excluding tert-OH is 1. The van der Waals surface area contributed by atoms with Crippen molar-refractivity contribution in [3.63, 3.8) is 0 Å². The first-order chi connectivity index (χ1) is 14.5. The van der Waals surface area contributed by atoms with Crippen molar-refractivity contribution in [1.82, 2.24) is 25.0 Å². The molecule has 0 radical (unpaired) electrons. The minimum absolute atomic E-state index is 0. The third-order valence-electron chi connectivity index (χ3n) is 6.94. The summed E-state index contributed by atoms with van der Waals surface area (Å²) in [6, 6.07) is 6.21. The van der Waals surface area contributed by atoms with Crippen molar-refractivity contribution >= 4 is 24.8 Å². The zero-order valence-electron chi connectivity index (χ0n) is 18.9. The van der Waals surface area contributed by atoms with Crippen molar-refractivity contribution in [3.05, 3.63) is 41.0 Å². The number of nitrogens with one attached hydrogen (secondary N) is 1. The molecule has 0 amide bonds. The first kappa shape index (κ1) is 25.2. The maximum Gasteiger partial charge on any atom is 0.141 e. The number of nitrogens with zero attached hydrogens (tertiary/aromatic N) is 4. The molecule has 1 saturated carbocycles. The summed E-state index contributed by atoms with van der Waals surface area (Å²) in [4.78, 5) is 7.01. The summed E-state index contributed by atoms with van der Waals surface area (Å²) in [6.45, 7) is 9.94. The quantitative estimate of drug-likeness (QED) is 0.696. The van der Waals surface area contributed by atoms with Gasteiger partial charge in [-0.25, -0.2) is 0 Å². The standard InChI is InChI=1S/C23H33N5O2.2ClH/c1-15-4-5-22(16(2)25-15)30-23-9-18-13-27(12-17(18)8-21(23)29)14-19-10-20-11-24-6-3-7-28(20)26-19;;/h4-5,10,17-18,21,23-24,29H,3,6-9,11-14H2,1-2H3;2*1H/t17-,18+,21+,23+;;/m0../s1. The van der Waals surface area contributed by atoms with Crippen LogP contribution in [0, 0.1) is 25.7 Å². The number of hydrogen-bond donors (Lipinski definition) is 2. The number of aliphatic hydroxyl groups is 1. The van der Waals surface area contributed by atoms with E-state index < -0.39 is 6.10 Å². The summed E-state index contributed by atoms with van der Waals surface area (Å²) in [6.07, 6.45) is 2.29. The first-order valence-corrected chi connectivity index (χ1v) is 11.3. The minimum Gasteiger partial charge on any atom is -0.486 e. The van der Waals surface area contributed by atoms with Crippen molar-refractivity contribution < 1.29 is 9.84 Å². The smallest absolute Gasteiger partial charge is 0.141 e. The molecule has 9 heteroatoms. The van der Waals surface area contributed by atoms with Gasteiger partial charge in [0.25, 0.3) is 0 Å². The van der Waals surface area contributed by atoms with E-state index in [2.05, 4.69) is 25.9 Å². The molecule has 0 spiro atoms. The molecule has 1 aliphatic carbocycles. The van der Waals surface area contributed by atoms with Gasteiger partial charge in [-0.05, 0) is 69.7 Å². The summed E-state index contributed by atoms with van der Waals surface area (Å²) in [5.41, 5.74) is 4.35. The van der Waals surface area contributed by atoms with Gasteiger partial charge in [0.2, 0.25) is 0 Å². The van der Waals surface area contributed by atoms with Crippen LogP contribution in [0.1, 0.15) is 42.0 Å². The van der Waals surface area contributed by atoms with Crippen molar-refractivity contribution in [2.45, 2.75) is 65.0 Å². The highest BCUT2D eigenvalue weighted by atomic mass is 35.5. The van der Waals surface area contributed by atoms with Crippen molar-refractivity contribution in [1.29, 1.82) is 0 Å². The second kappa shape index (κ2) is 10.7. The van der Waals surface area contributed by atoms with Crippen LogP contribution in [-0.2, 0) is 19.6 Å². The van der Waals surface area contributed by atoms with E-state index in [9.17, 15) is 5.11 Å². The number of halogens is 2. The Morgan fingerprint density at radius 2 is 1.94 bits per heavy atom. The molecule has 2 N–H and O–H groups in total. The summed E-state index contributed by atoms with van der Waals surface area (Å²) < 4.78 is 8.40. The van der Waals surface area contributed by atoms with Crippen LogP contribution in [0.3, 0.4) is 0 Å². The molecule has 2 aromatic heterocycles. The molecule has 4 atom stereocenters. The Kier molecular flexibility index (Phi) is 8.44. The van der Waals surface area contributed by atoms with E-state index in [1.807, 2.05) is 26.0 Å². The molecule has 2 aliphatic heterocycles. The molecule has 5 rings (SSSR count). The average Bonchev–Trinajstić information content (AvgIpc) is 3.19. The Morgan fingerprint density at radius 3 is 2.72 bits per heavy atom. The molecule has 178 valence electrons. The number of fused-ring (bicyclic) bond motifs is 2. The highest BCUT2D eigenvalue weighted by Gasteiger charge is 2.42. The molecule has 1 saturated heterocycles. The number of likely N-dealkylation sites (tertiary alicyclic amines) is 1. The van der Waals surface area contributed by atoms with E-state index >= 15 is 0 Å². The fraction of sp³-hybridized carbons (Fsp3) is 0.652. The molecule has 2 aromatic rings. The van der Waals surface area contributed by atoms with Gasteiger partial charge in [0.1, 0.15) is 11.9 Å². The number of aromatic nitrogens is 3. The van der Waals surface area contributed by atoms with Crippen LogP contribution < -0.4 is 10.1 Å². The van der Waals surface area contributed by atoms with Crippen LogP contribution in [0.25, 0.3) is 0 Å². The number of aryl methyl sites for hydroxylation is 3. The molecule has 0 aromatic carbocycles. The highest BCUT2D eigenvalue weighted by molar-refractivity contribution is 5.85. The molecule has 0 unspecified atom stereocenters. The molecular formula is C23H35Cl2N5O2. The Balaban J connectivity index is 0.00000144. The third-order valence-corrected chi connectivity index (χ3v) is 6.94. The van der Waals surface area contributed by atoms with Gasteiger partial charge in [0.15, 0.2) is 0 Å². The van der Waals surface area contributed by atoms with Crippen LogP contribution in [0.15, 0.2) is 18.2 Å². The van der Waals surface area contributed by atoms with Gasteiger partial charge in [-0.15, -0.1) is 24.8 Å². The molecule has 4 heterocycles. The van der Waals surface area contributed by atoms with Crippen molar-refractivity contribution in [3.8, 4) is 5.75 Å². The van der Waals surface area contributed by atoms with Gasteiger partial charge in [0, 0.05) is 38.4 Å². The normalized spacial score (nSPS) is 27.5. The van der Waals surface area contributed by atoms with Crippen LogP contribution in [-0.4, -0.2) is 56.6 Å². The fourth-order valence-corrected chi connectivity index (χ4v) is 5.43. The highest BCUT2D eigenvalue weighted by Crippen LogP contribution is 2.38. The number of rotatable bonds is 4. The molecule has 2 fully saturated rings. The zero-order chi connectivity index (χ0) is 20.7. The number of ether oxygens (including phenoxy) is 1. The third kappa shape index (κ3) is 5.39. The monoisotopic (exact) mass is 483 g/mol. The van der Waals surface area contributed by atoms with Crippen LogP contribution in [0.4, 0.5) is 0 Å². The average molecular weight is 484 g/mol. The van der Waals surface area contributed by atoms with Crippen molar-refractivity contribution in [2.75, 3.05) is 19.6 Å². The molecule has 0 bridgehead atoms. The van der Waals surface area contributed by atoms with E-state index in [0.717, 1.165) is 75.7 Å². The summed E-state index contributed by atoms with van der Waals surface area (Å²) in [5.74, 6) is 1.91. The van der Waals surface area contributed by atoms with E-state index in [4.69, 9.17) is 9.84 Å². The van der Waals surface area contributed by atoms with Crippen LogP contribution in [0.5, 0.6) is 5.75 Å². The predicted octanol–water partition coefficient (Wildman–Crippen LogP) is 2.88. The molecule has 32 heavy (non-hydrogen) atoms. The Hall–Kier alpha value is -1.38. The SMILES string of the molecule is Cc1ccc(O[C@@H]2C[C@@H]3CN(Cc4cc5n(n4)CCCNC5)C[C@@H]3C[C@H]2O)c(C)n1.Cl.Cl. The number of hydrogen-bond acceptors (Lipinski definition) is 6. The fourth-order valence-electron chi connectivity index (χ4n) is 5.43. The Labute approximate surface area is 202 Å². The summed E-state index contributed by atoms with van der Waals surface area (Å²) in [7, 11) is 0. The Morgan fingerprint density at radius 1 is 1.16 bits per heavy atom. The van der Waals surface area contributed by atoms with E-state index in [0.29, 0.717) is 11.8 Å². The van der Waals surface area contributed by atoms with Gasteiger partial charge < -0.3 is 15.2 Å². The van der Waals surface area contributed by atoms with Gasteiger partial charge in [-0.3, -0.25) is 14.6 Å². The molecular weight excluding hydrogens is 449 g/mol. The minimum atomic E-state index is -0.415. The lowest BCUT2D eigenvalue weighted by Gasteiger charge is -2.35. The lowest BCUT2D eigenvalue weighted by atomic mass is 9.78. The second-order valence-corrected chi connectivity index (χ2v) is 9.33.